The molecule has 7 heteroatoms. The predicted octanol–water partition coefficient (Wildman–Crippen LogP) is 1.63. The molecule has 1 N–H and O–H groups in total. The maximum absolute atomic E-state index is 12.2. The van der Waals surface area contributed by atoms with E-state index in [4.69, 9.17) is 0 Å². The standard InChI is InChI=1S/C14H21N5O2/c1-6-18(5)13(21)19-9-8-15-10(7-14(2,3)4)16-11(9)17-12(19)20/h8H,6-7H2,1-5H3,(H,15,16,17,20). The van der Waals surface area contributed by atoms with Crippen molar-refractivity contribution in [1.29, 1.82) is 0 Å². The van der Waals surface area contributed by atoms with Gasteiger partial charge in [0.2, 0.25) is 0 Å². The first-order valence-electron chi connectivity index (χ1n) is 6.95. The van der Waals surface area contributed by atoms with Crippen LogP contribution in [0.1, 0.15) is 33.5 Å². The van der Waals surface area contributed by atoms with Gasteiger partial charge in [-0.3, -0.25) is 4.98 Å². The van der Waals surface area contributed by atoms with Crippen molar-refractivity contribution < 1.29 is 4.79 Å². The van der Waals surface area contributed by atoms with E-state index in [2.05, 4.69) is 35.7 Å². The van der Waals surface area contributed by atoms with Gasteiger partial charge in [-0.1, -0.05) is 20.8 Å². The number of H-pyrrole nitrogens is 1. The van der Waals surface area contributed by atoms with Gasteiger partial charge in [0.15, 0.2) is 5.65 Å². The summed E-state index contributed by atoms with van der Waals surface area (Å²) in [4.78, 5) is 36.9. The first-order valence-corrected chi connectivity index (χ1v) is 6.95. The summed E-state index contributed by atoms with van der Waals surface area (Å²) in [6, 6.07) is -0.388. The number of fused-ring (bicyclic) bond motifs is 1. The number of rotatable bonds is 2. The molecule has 21 heavy (non-hydrogen) atoms. The van der Waals surface area contributed by atoms with Crippen LogP contribution in [0.2, 0.25) is 0 Å². The Labute approximate surface area is 123 Å². The maximum Gasteiger partial charge on any atom is 0.336 e. The average molecular weight is 291 g/mol. The molecule has 0 spiro atoms. The van der Waals surface area contributed by atoms with Crippen molar-refractivity contribution in [2.75, 3.05) is 13.6 Å². The fraction of sp³-hybridized carbons (Fsp3) is 0.571. The number of hydrogen-bond donors (Lipinski definition) is 1. The first kappa shape index (κ1) is 15.2. The van der Waals surface area contributed by atoms with E-state index in [-0.39, 0.29) is 11.4 Å². The van der Waals surface area contributed by atoms with Crippen LogP contribution in [-0.4, -0.2) is 44.0 Å². The molecule has 0 fully saturated rings. The summed E-state index contributed by atoms with van der Waals surface area (Å²) >= 11 is 0. The third kappa shape index (κ3) is 3.12. The minimum absolute atomic E-state index is 0.0504. The van der Waals surface area contributed by atoms with Gasteiger partial charge in [-0.25, -0.2) is 24.1 Å². The van der Waals surface area contributed by atoms with Crippen molar-refractivity contribution in [3.8, 4) is 0 Å². The molecule has 1 amide bonds. The van der Waals surface area contributed by atoms with Crippen LogP contribution in [0.3, 0.4) is 0 Å². The Morgan fingerprint density at radius 2 is 2.10 bits per heavy atom. The molecular weight excluding hydrogens is 270 g/mol. The Kier molecular flexibility index (Phi) is 3.85. The van der Waals surface area contributed by atoms with E-state index in [0.717, 1.165) is 4.57 Å². The van der Waals surface area contributed by atoms with Gasteiger partial charge in [0.05, 0.1) is 6.20 Å². The number of carbonyl (C=O) groups excluding carboxylic acids is 1. The molecule has 7 nitrogen and oxygen atoms in total. The van der Waals surface area contributed by atoms with E-state index >= 15 is 0 Å². The van der Waals surface area contributed by atoms with Crippen molar-refractivity contribution in [2.24, 2.45) is 5.41 Å². The van der Waals surface area contributed by atoms with Crippen LogP contribution in [0.4, 0.5) is 4.79 Å². The third-order valence-corrected chi connectivity index (χ3v) is 3.17. The molecule has 0 saturated carbocycles. The summed E-state index contributed by atoms with van der Waals surface area (Å²) in [7, 11) is 1.64. The number of aromatic nitrogens is 4. The molecule has 0 aliphatic heterocycles. The minimum atomic E-state index is -0.488. The van der Waals surface area contributed by atoms with Gasteiger partial charge in [-0.15, -0.1) is 0 Å². The molecule has 0 aromatic carbocycles. The number of nitrogens with zero attached hydrogens (tertiary/aromatic N) is 4. The van der Waals surface area contributed by atoms with Crippen LogP contribution < -0.4 is 5.69 Å². The lowest BCUT2D eigenvalue weighted by molar-refractivity contribution is 0.213. The lowest BCUT2D eigenvalue weighted by Crippen LogP contribution is -2.36. The molecule has 0 saturated heterocycles. The van der Waals surface area contributed by atoms with Crippen molar-refractivity contribution in [3.63, 3.8) is 0 Å². The van der Waals surface area contributed by atoms with Gasteiger partial charge in [0.25, 0.3) is 0 Å². The van der Waals surface area contributed by atoms with Crippen molar-refractivity contribution in [3.05, 3.63) is 22.5 Å². The van der Waals surface area contributed by atoms with Crippen molar-refractivity contribution in [1.82, 2.24) is 24.4 Å². The SMILES string of the molecule is CCN(C)C(=O)n1c(=O)[nH]c2nc(CC(C)(C)C)ncc21. The van der Waals surface area contributed by atoms with Crippen molar-refractivity contribution >= 4 is 17.2 Å². The summed E-state index contributed by atoms with van der Waals surface area (Å²) in [5.41, 5.74) is 0.363. The smallest absolute Gasteiger partial charge is 0.327 e. The van der Waals surface area contributed by atoms with Crippen LogP contribution in [0.5, 0.6) is 0 Å². The molecule has 0 radical (unpaired) electrons. The maximum atomic E-state index is 12.2. The molecule has 2 rings (SSSR count). The molecule has 2 heterocycles. The van der Waals surface area contributed by atoms with Crippen LogP contribution in [0.15, 0.2) is 11.0 Å². The highest BCUT2D eigenvalue weighted by atomic mass is 16.2. The molecule has 0 atom stereocenters. The van der Waals surface area contributed by atoms with Gasteiger partial charge in [-0.2, -0.15) is 0 Å². The molecular formula is C14H21N5O2. The lowest BCUT2D eigenvalue weighted by atomic mass is 9.92. The largest absolute Gasteiger partial charge is 0.336 e. The zero-order valence-corrected chi connectivity index (χ0v) is 13.1. The second kappa shape index (κ2) is 5.31. The van der Waals surface area contributed by atoms with Gasteiger partial charge in [-0.05, 0) is 12.3 Å². The Morgan fingerprint density at radius 3 is 2.67 bits per heavy atom. The molecule has 0 unspecified atom stereocenters. The molecule has 2 aromatic rings. The number of hydrogen-bond acceptors (Lipinski definition) is 4. The van der Waals surface area contributed by atoms with Gasteiger partial charge in [0.1, 0.15) is 11.3 Å². The van der Waals surface area contributed by atoms with E-state index in [1.807, 2.05) is 6.92 Å². The number of amides is 1. The highest BCUT2D eigenvalue weighted by molar-refractivity contribution is 5.87. The summed E-state index contributed by atoms with van der Waals surface area (Å²) in [5, 5.41) is 0. The fourth-order valence-electron chi connectivity index (χ4n) is 1.99. The van der Waals surface area contributed by atoms with E-state index in [0.29, 0.717) is 30.0 Å². The Bertz CT molecular complexity index is 723. The topological polar surface area (TPSA) is 83.9 Å². The van der Waals surface area contributed by atoms with E-state index in [1.54, 1.807) is 7.05 Å². The first-order chi connectivity index (χ1) is 9.73. The van der Waals surface area contributed by atoms with Crippen LogP contribution in [0.25, 0.3) is 11.2 Å². The third-order valence-electron chi connectivity index (χ3n) is 3.17. The van der Waals surface area contributed by atoms with Gasteiger partial charge < -0.3 is 4.90 Å². The van der Waals surface area contributed by atoms with Crippen molar-refractivity contribution in [2.45, 2.75) is 34.1 Å². The van der Waals surface area contributed by atoms with E-state index in [9.17, 15) is 9.59 Å². The molecule has 0 bridgehead atoms. The highest BCUT2D eigenvalue weighted by Crippen LogP contribution is 2.19. The van der Waals surface area contributed by atoms with Crippen LogP contribution in [0, 0.1) is 5.41 Å². The van der Waals surface area contributed by atoms with Gasteiger partial charge >= 0.3 is 11.7 Å². The Balaban J connectivity index is 2.49. The monoisotopic (exact) mass is 291 g/mol. The lowest BCUT2D eigenvalue weighted by Gasteiger charge is -2.16. The zero-order valence-electron chi connectivity index (χ0n) is 13.1. The summed E-state index contributed by atoms with van der Waals surface area (Å²) < 4.78 is 1.07. The van der Waals surface area contributed by atoms with E-state index in [1.165, 1.54) is 11.1 Å². The van der Waals surface area contributed by atoms with Crippen LogP contribution >= 0.6 is 0 Å². The molecule has 0 aliphatic carbocycles. The van der Waals surface area contributed by atoms with E-state index < -0.39 is 5.69 Å². The quantitative estimate of drug-likeness (QED) is 0.911. The molecule has 114 valence electrons. The summed E-state index contributed by atoms with van der Waals surface area (Å²) in [6.45, 7) is 8.63. The zero-order chi connectivity index (χ0) is 15.8. The highest BCUT2D eigenvalue weighted by Gasteiger charge is 2.19. The number of carbonyl (C=O) groups is 1. The normalized spacial score (nSPS) is 11.9. The minimum Gasteiger partial charge on any atom is -0.327 e. The van der Waals surface area contributed by atoms with Gasteiger partial charge in [0, 0.05) is 20.0 Å². The summed E-state index contributed by atoms with van der Waals surface area (Å²) in [5.74, 6) is 0.652. The number of imidazole rings is 1. The van der Waals surface area contributed by atoms with Crippen LogP contribution in [-0.2, 0) is 6.42 Å². The molecule has 2 aromatic heterocycles. The Hall–Kier alpha value is -2.18. The predicted molar refractivity (Wildman–Crippen MR) is 80.4 cm³/mol. The Morgan fingerprint density at radius 1 is 1.43 bits per heavy atom. The summed E-state index contributed by atoms with van der Waals surface area (Å²) in [6.07, 6.45) is 2.22. The number of nitrogens with one attached hydrogen (secondary N) is 1. The average Bonchev–Trinajstić information content (AvgIpc) is 2.70. The second-order valence-corrected chi connectivity index (χ2v) is 6.32. The molecule has 0 aliphatic rings. The second-order valence-electron chi connectivity index (χ2n) is 6.32. The number of aromatic amines is 1. The fourth-order valence-corrected chi connectivity index (χ4v) is 1.99.